The van der Waals surface area contributed by atoms with E-state index in [2.05, 4.69) is 51.8 Å². The molecule has 0 bridgehead atoms. The van der Waals surface area contributed by atoms with Crippen LogP contribution in [0.25, 0.3) is 0 Å². The average Bonchev–Trinajstić information content (AvgIpc) is 2.25. The van der Waals surface area contributed by atoms with Crippen LogP contribution in [-0.4, -0.2) is 36.1 Å². The minimum absolute atomic E-state index is 0.259. The lowest BCUT2D eigenvalue weighted by molar-refractivity contribution is 0.0871. The molecule has 0 saturated heterocycles. The molecular weight excluding hydrogens is 196 g/mol. The Morgan fingerprint density at radius 2 is 1.56 bits per heavy atom. The molecule has 0 fully saturated rings. The lowest BCUT2D eigenvalue weighted by atomic mass is 9.88. The molecule has 0 aliphatic rings. The Kier molecular flexibility index (Phi) is 8.04. The second kappa shape index (κ2) is 8.08. The molecule has 0 aliphatic carbocycles. The van der Waals surface area contributed by atoms with Gasteiger partial charge < -0.3 is 5.32 Å². The second-order valence-corrected chi connectivity index (χ2v) is 5.12. The highest BCUT2D eigenvalue weighted by molar-refractivity contribution is 4.92. The molecule has 0 aromatic rings. The first-order valence-electron chi connectivity index (χ1n) is 7.02. The summed E-state index contributed by atoms with van der Waals surface area (Å²) >= 11 is 0. The average molecular weight is 228 g/mol. The maximum absolute atomic E-state index is 3.72. The van der Waals surface area contributed by atoms with Gasteiger partial charge in [0, 0.05) is 11.6 Å². The van der Waals surface area contributed by atoms with Gasteiger partial charge in [0.15, 0.2) is 0 Å². The number of hydrogen-bond acceptors (Lipinski definition) is 2. The van der Waals surface area contributed by atoms with E-state index in [0.717, 1.165) is 19.6 Å². The van der Waals surface area contributed by atoms with Gasteiger partial charge in [0.25, 0.3) is 0 Å². The van der Waals surface area contributed by atoms with Crippen molar-refractivity contribution in [1.29, 1.82) is 0 Å². The third kappa shape index (κ3) is 4.42. The fraction of sp³-hybridized carbons (Fsp3) is 1.00. The molecule has 0 aromatic heterocycles. The van der Waals surface area contributed by atoms with E-state index in [1.807, 2.05) is 0 Å². The van der Waals surface area contributed by atoms with Gasteiger partial charge in [-0.3, -0.25) is 4.90 Å². The Labute approximate surface area is 103 Å². The Morgan fingerprint density at radius 1 is 1.00 bits per heavy atom. The molecule has 1 N–H and O–H groups in total. The van der Waals surface area contributed by atoms with Gasteiger partial charge in [-0.1, -0.05) is 34.1 Å². The van der Waals surface area contributed by atoms with Crippen LogP contribution in [0.15, 0.2) is 0 Å². The molecule has 0 aliphatic heterocycles. The topological polar surface area (TPSA) is 15.3 Å². The predicted octanol–water partition coefficient (Wildman–Crippen LogP) is 3.28. The minimum Gasteiger partial charge on any atom is -0.312 e. The number of likely N-dealkylation sites (N-methyl/N-ethyl adjacent to an activating group) is 1. The van der Waals surface area contributed by atoms with Crippen molar-refractivity contribution in [2.45, 2.75) is 72.4 Å². The zero-order chi connectivity index (χ0) is 12.6. The van der Waals surface area contributed by atoms with Crippen LogP contribution < -0.4 is 5.32 Å². The molecule has 2 heteroatoms. The molecule has 16 heavy (non-hydrogen) atoms. The van der Waals surface area contributed by atoms with Crippen LogP contribution in [0.5, 0.6) is 0 Å². The van der Waals surface area contributed by atoms with Gasteiger partial charge in [0.05, 0.1) is 0 Å². The van der Waals surface area contributed by atoms with Gasteiger partial charge in [-0.2, -0.15) is 0 Å². The Morgan fingerprint density at radius 3 is 1.94 bits per heavy atom. The van der Waals surface area contributed by atoms with Crippen molar-refractivity contribution in [2.24, 2.45) is 0 Å². The van der Waals surface area contributed by atoms with Crippen LogP contribution in [0.2, 0.25) is 0 Å². The van der Waals surface area contributed by atoms with Gasteiger partial charge in [0.2, 0.25) is 0 Å². The van der Waals surface area contributed by atoms with Gasteiger partial charge >= 0.3 is 0 Å². The van der Waals surface area contributed by atoms with E-state index >= 15 is 0 Å². The summed E-state index contributed by atoms with van der Waals surface area (Å²) in [7, 11) is 0. The molecule has 1 unspecified atom stereocenters. The zero-order valence-electron chi connectivity index (χ0n) is 12.3. The van der Waals surface area contributed by atoms with E-state index < -0.39 is 0 Å². The Balaban J connectivity index is 4.57. The molecule has 2 nitrogen and oxygen atoms in total. The standard InChI is InChI=1S/C14H32N2/c1-7-11-13(15-12-8-2)14(5,6)16(9-3)10-4/h13,15H,7-12H2,1-6H3. The normalized spacial score (nSPS) is 14.4. The predicted molar refractivity (Wildman–Crippen MR) is 74.0 cm³/mol. The van der Waals surface area contributed by atoms with Crippen LogP contribution in [0.4, 0.5) is 0 Å². The lowest BCUT2D eigenvalue weighted by Crippen LogP contribution is -2.57. The number of nitrogens with one attached hydrogen (secondary N) is 1. The van der Waals surface area contributed by atoms with Crippen LogP contribution in [0.1, 0.15) is 60.8 Å². The molecule has 0 radical (unpaired) electrons. The summed E-state index contributed by atoms with van der Waals surface area (Å²) in [5.74, 6) is 0. The minimum atomic E-state index is 0.259. The van der Waals surface area contributed by atoms with Crippen LogP contribution in [0, 0.1) is 0 Å². The third-order valence-corrected chi connectivity index (χ3v) is 3.65. The largest absolute Gasteiger partial charge is 0.312 e. The first-order chi connectivity index (χ1) is 7.54. The van der Waals surface area contributed by atoms with Crippen LogP contribution in [-0.2, 0) is 0 Å². The molecule has 0 saturated carbocycles. The van der Waals surface area contributed by atoms with Crippen molar-refractivity contribution in [1.82, 2.24) is 10.2 Å². The SMILES string of the molecule is CCCNC(CCC)C(C)(C)N(CC)CC. The van der Waals surface area contributed by atoms with E-state index in [4.69, 9.17) is 0 Å². The van der Waals surface area contributed by atoms with E-state index in [-0.39, 0.29) is 5.54 Å². The van der Waals surface area contributed by atoms with Crippen molar-refractivity contribution >= 4 is 0 Å². The molecular formula is C14H32N2. The Bertz CT molecular complexity index is 162. The molecule has 0 spiro atoms. The summed E-state index contributed by atoms with van der Waals surface area (Å²) < 4.78 is 0. The third-order valence-electron chi connectivity index (χ3n) is 3.65. The molecule has 0 rings (SSSR count). The quantitative estimate of drug-likeness (QED) is 0.651. The summed E-state index contributed by atoms with van der Waals surface area (Å²) in [4.78, 5) is 2.57. The van der Waals surface area contributed by atoms with E-state index in [1.54, 1.807) is 0 Å². The molecule has 0 heterocycles. The summed E-state index contributed by atoms with van der Waals surface area (Å²) in [5, 5.41) is 3.72. The molecule has 0 amide bonds. The van der Waals surface area contributed by atoms with Crippen molar-refractivity contribution in [3.63, 3.8) is 0 Å². The molecule has 1 atom stereocenters. The number of hydrogen-bond donors (Lipinski definition) is 1. The highest BCUT2D eigenvalue weighted by Gasteiger charge is 2.32. The van der Waals surface area contributed by atoms with Crippen molar-refractivity contribution in [3.8, 4) is 0 Å². The smallest absolute Gasteiger partial charge is 0.0306 e. The van der Waals surface area contributed by atoms with E-state index in [0.29, 0.717) is 6.04 Å². The van der Waals surface area contributed by atoms with Crippen LogP contribution in [0.3, 0.4) is 0 Å². The summed E-state index contributed by atoms with van der Waals surface area (Å²) in [6, 6.07) is 0.609. The summed E-state index contributed by atoms with van der Waals surface area (Å²) in [6.45, 7) is 17.2. The van der Waals surface area contributed by atoms with E-state index in [9.17, 15) is 0 Å². The van der Waals surface area contributed by atoms with Gasteiger partial charge in [0.1, 0.15) is 0 Å². The fourth-order valence-electron chi connectivity index (χ4n) is 2.57. The maximum Gasteiger partial charge on any atom is 0.0306 e. The highest BCUT2D eigenvalue weighted by atomic mass is 15.2. The van der Waals surface area contributed by atoms with Crippen molar-refractivity contribution in [3.05, 3.63) is 0 Å². The number of rotatable bonds is 9. The summed E-state index contributed by atoms with van der Waals surface area (Å²) in [5.41, 5.74) is 0.259. The van der Waals surface area contributed by atoms with Crippen molar-refractivity contribution < 1.29 is 0 Å². The maximum atomic E-state index is 3.72. The zero-order valence-corrected chi connectivity index (χ0v) is 12.3. The lowest BCUT2D eigenvalue weighted by Gasteiger charge is -2.44. The van der Waals surface area contributed by atoms with Crippen molar-refractivity contribution in [2.75, 3.05) is 19.6 Å². The monoisotopic (exact) mass is 228 g/mol. The second-order valence-electron chi connectivity index (χ2n) is 5.12. The molecule has 98 valence electrons. The van der Waals surface area contributed by atoms with Gasteiger partial charge in [-0.05, 0) is 46.3 Å². The van der Waals surface area contributed by atoms with E-state index in [1.165, 1.54) is 19.3 Å². The molecule has 0 aromatic carbocycles. The highest BCUT2D eigenvalue weighted by Crippen LogP contribution is 2.22. The fourth-order valence-corrected chi connectivity index (χ4v) is 2.57. The van der Waals surface area contributed by atoms with Gasteiger partial charge in [-0.15, -0.1) is 0 Å². The van der Waals surface area contributed by atoms with Gasteiger partial charge in [-0.25, -0.2) is 0 Å². The number of nitrogens with zero attached hydrogens (tertiary/aromatic N) is 1. The summed E-state index contributed by atoms with van der Waals surface area (Å²) in [6.07, 6.45) is 3.74. The first kappa shape index (κ1) is 15.9. The first-order valence-corrected chi connectivity index (χ1v) is 7.02. The Hall–Kier alpha value is -0.0800. The van der Waals surface area contributed by atoms with Crippen LogP contribution >= 0.6 is 0 Å².